The number of aromatic nitrogens is 2. The molecule has 0 aliphatic heterocycles. The quantitative estimate of drug-likeness (QED) is 0.196. The van der Waals surface area contributed by atoms with Crippen molar-refractivity contribution in [2.75, 3.05) is 17.2 Å². The van der Waals surface area contributed by atoms with Crippen molar-refractivity contribution >= 4 is 40.7 Å². The fourth-order valence-electron chi connectivity index (χ4n) is 5.26. The van der Waals surface area contributed by atoms with Crippen molar-refractivity contribution in [3.63, 3.8) is 0 Å². The molecule has 0 unspecified atom stereocenters. The van der Waals surface area contributed by atoms with Crippen LogP contribution in [0.5, 0.6) is 0 Å². The minimum Gasteiger partial charge on any atom is -0.367 e. The number of carbonyl (C=O) groups excluding carboxylic acids is 3. The van der Waals surface area contributed by atoms with E-state index >= 15 is 0 Å². The molecule has 0 radical (unpaired) electrons. The van der Waals surface area contributed by atoms with Gasteiger partial charge in [-0.05, 0) is 72.5 Å². The summed E-state index contributed by atoms with van der Waals surface area (Å²) in [5.74, 6) is -1.23. The second-order valence-electron chi connectivity index (χ2n) is 10.3. The summed E-state index contributed by atoms with van der Waals surface area (Å²) in [5, 5.41) is 10.7. The van der Waals surface area contributed by atoms with Gasteiger partial charge in [-0.3, -0.25) is 14.4 Å². The van der Waals surface area contributed by atoms with Crippen LogP contribution in [0.3, 0.4) is 0 Å². The molecule has 0 spiro atoms. The third kappa shape index (κ3) is 6.10. The standard InChI is InChI=1S/C34H28ClN5O4/c35-29-9-5-4-8-26(29)34(43)38-24-12-10-22-11-17-27-31(33(36)42)39-40(32(27)28(22)18-24)25-15-13-23(14-16-25)37-30(41)20-44-19-21-6-2-1-3-7-21/h1-10,12-16,18H,11,17,19-20H2,(H2,36,42)(H,37,41)(H,38,43). The highest BCUT2D eigenvalue weighted by Crippen LogP contribution is 2.38. The lowest BCUT2D eigenvalue weighted by Gasteiger charge is -2.20. The Morgan fingerprint density at radius 3 is 2.34 bits per heavy atom. The number of primary amides is 1. The van der Waals surface area contributed by atoms with E-state index in [0.717, 1.165) is 27.9 Å². The third-order valence-electron chi connectivity index (χ3n) is 7.34. The van der Waals surface area contributed by atoms with Gasteiger partial charge in [-0.2, -0.15) is 5.10 Å². The first kappa shape index (κ1) is 28.9. The van der Waals surface area contributed by atoms with Crippen LogP contribution in [-0.4, -0.2) is 34.1 Å². The van der Waals surface area contributed by atoms with Crippen LogP contribution in [0.25, 0.3) is 16.9 Å². The Hall–Kier alpha value is -5.25. The molecule has 1 aliphatic rings. The molecule has 0 saturated heterocycles. The Labute approximate surface area is 258 Å². The number of aryl methyl sites for hydroxylation is 1. The summed E-state index contributed by atoms with van der Waals surface area (Å²) in [6.45, 7) is 0.254. The van der Waals surface area contributed by atoms with E-state index in [4.69, 9.17) is 22.1 Å². The van der Waals surface area contributed by atoms with Crippen molar-refractivity contribution in [3.05, 3.63) is 130 Å². The summed E-state index contributed by atoms with van der Waals surface area (Å²) in [6.07, 6.45) is 1.27. The number of carbonyl (C=O) groups is 3. The number of halogens is 1. The van der Waals surface area contributed by atoms with Crippen LogP contribution in [0.15, 0.2) is 97.1 Å². The number of hydrogen-bond acceptors (Lipinski definition) is 5. The molecule has 44 heavy (non-hydrogen) atoms. The predicted molar refractivity (Wildman–Crippen MR) is 169 cm³/mol. The summed E-state index contributed by atoms with van der Waals surface area (Å²) < 4.78 is 7.21. The zero-order valence-electron chi connectivity index (χ0n) is 23.5. The van der Waals surface area contributed by atoms with Crippen molar-refractivity contribution in [3.8, 4) is 16.9 Å². The van der Waals surface area contributed by atoms with Gasteiger partial charge in [0.25, 0.3) is 11.8 Å². The van der Waals surface area contributed by atoms with Crippen molar-refractivity contribution < 1.29 is 19.1 Å². The molecule has 9 nitrogen and oxygen atoms in total. The van der Waals surface area contributed by atoms with E-state index in [1.165, 1.54) is 0 Å². The number of rotatable bonds is 9. The van der Waals surface area contributed by atoms with Gasteiger partial charge >= 0.3 is 0 Å². The maximum Gasteiger partial charge on any atom is 0.269 e. The molecule has 4 N–H and O–H groups in total. The lowest BCUT2D eigenvalue weighted by Crippen LogP contribution is -2.18. The number of hydrogen-bond donors (Lipinski definition) is 3. The number of fused-ring (bicyclic) bond motifs is 3. The van der Waals surface area contributed by atoms with Gasteiger partial charge < -0.3 is 21.1 Å². The highest BCUT2D eigenvalue weighted by molar-refractivity contribution is 6.34. The molecule has 0 fully saturated rings. The molecule has 4 aromatic carbocycles. The number of nitrogens with zero attached hydrogens (tertiary/aromatic N) is 2. The Bertz CT molecular complexity index is 1870. The van der Waals surface area contributed by atoms with Gasteiger partial charge in [0.05, 0.1) is 28.6 Å². The first-order valence-electron chi connectivity index (χ1n) is 14.0. The fraction of sp³-hybridized carbons (Fsp3) is 0.118. The molecule has 1 heterocycles. The van der Waals surface area contributed by atoms with Crippen molar-refractivity contribution in [2.24, 2.45) is 5.73 Å². The van der Waals surface area contributed by atoms with E-state index in [-0.39, 0.29) is 24.1 Å². The summed E-state index contributed by atoms with van der Waals surface area (Å²) in [6, 6.07) is 29.3. The van der Waals surface area contributed by atoms with Gasteiger partial charge in [0.2, 0.25) is 5.91 Å². The Balaban J connectivity index is 1.24. The number of ether oxygens (including phenoxy) is 1. The van der Waals surface area contributed by atoms with Crippen LogP contribution in [0.1, 0.15) is 37.5 Å². The normalized spacial score (nSPS) is 11.8. The van der Waals surface area contributed by atoms with Gasteiger partial charge in [0.15, 0.2) is 5.69 Å². The molecule has 1 aliphatic carbocycles. The van der Waals surface area contributed by atoms with Gasteiger partial charge in [0, 0.05) is 22.5 Å². The molecule has 1 aromatic heterocycles. The van der Waals surface area contributed by atoms with Crippen molar-refractivity contribution in [1.29, 1.82) is 0 Å². The molecule has 3 amide bonds. The number of nitrogens with one attached hydrogen (secondary N) is 2. The second-order valence-corrected chi connectivity index (χ2v) is 10.7. The highest BCUT2D eigenvalue weighted by atomic mass is 35.5. The summed E-state index contributed by atoms with van der Waals surface area (Å²) in [5.41, 5.74) is 12.5. The molecule has 10 heteroatoms. The Morgan fingerprint density at radius 2 is 1.59 bits per heavy atom. The van der Waals surface area contributed by atoms with Crippen LogP contribution < -0.4 is 16.4 Å². The molecule has 0 bridgehead atoms. The van der Waals surface area contributed by atoms with E-state index in [9.17, 15) is 14.4 Å². The first-order valence-corrected chi connectivity index (χ1v) is 14.4. The first-order chi connectivity index (χ1) is 21.4. The van der Waals surface area contributed by atoms with Gasteiger partial charge in [-0.1, -0.05) is 60.1 Å². The van der Waals surface area contributed by atoms with Crippen LogP contribution in [-0.2, 0) is 29.0 Å². The van der Waals surface area contributed by atoms with Gasteiger partial charge in [-0.15, -0.1) is 0 Å². The molecular weight excluding hydrogens is 578 g/mol. The van der Waals surface area contributed by atoms with Gasteiger partial charge in [-0.25, -0.2) is 4.68 Å². The topological polar surface area (TPSA) is 128 Å². The minimum atomic E-state index is -0.619. The largest absolute Gasteiger partial charge is 0.367 e. The highest BCUT2D eigenvalue weighted by Gasteiger charge is 2.28. The lowest BCUT2D eigenvalue weighted by molar-refractivity contribution is -0.121. The number of anilines is 2. The summed E-state index contributed by atoms with van der Waals surface area (Å²) in [4.78, 5) is 37.8. The summed E-state index contributed by atoms with van der Waals surface area (Å²) in [7, 11) is 0. The average molecular weight is 606 g/mol. The van der Waals surface area contributed by atoms with Crippen LogP contribution in [0.4, 0.5) is 11.4 Å². The van der Waals surface area contributed by atoms with E-state index in [2.05, 4.69) is 15.7 Å². The molecule has 6 rings (SSSR count). The maximum absolute atomic E-state index is 12.9. The average Bonchev–Trinajstić information content (AvgIpc) is 3.43. The number of nitrogens with two attached hydrogens (primary N) is 1. The van der Waals surface area contributed by atoms with Crippen LogP contribution in [0.2, 0.25) is 5.02 Å². The van der Waals surface area contributed by atoms with Crippen LogP contribution in [0, 0.1) is 0 Å². The van der Waals surface area contributed by atoms with Crippen LogP contribution >= 0.6 is 11.6 Å². The smallest absolute Gasteiger partial charge is 0.269 e. The molecule has 0 saturated carbocycles. The van der Waals surface area contributed by atoms with E-state index in [1.54, 1.807) is 53.2 Å². The number of amides is 3. The van der Waals surface area contributed by atoms with E-state index in [1.807, 2.05) is 48.5 Å². The van der Waals surface area contributed by atoms with Crippen molar-refractivity contribution in [2.45, 2.75) is 19.4 Å². The lowest BCUT2D eigenvalue weighted by atomic mass is 9.88. The van der Waals surface area contributed by atoms with E-state index < -0.39 is 5.91 Å². The minimum absolute atomic E-state index is 0.0859. The maximum atomic E-state index is 12.9. The molecular formula is C34H28ClN5O4. The number of benzene rings is 4. The molecule has 0 atom stereocenters. The van der Waals surface area contributed by atoms with Gasteiger partial charge in [0.1, 0.15) is 6.61 Å². The predicted octanol–water partition coefficient (Wildman–Crippen LogP) is 5.80. The third-order valence-corrected chi connectivity index (χ3v) is 7.67. The molecule has 5 aromatic rings. The monoisotopic (exact) mass is 605 g/mol. The van der Waals surface area contributed by atoms with Crippen molar-refractivity contribution in [1.82, 2.24) is 9.78 Å². The second kappa shape index (κ2) is 12.5. The zero-order chi connectivity index (χ0) is 30.6. The summed E-state index contributed by atoms with van der Waals surface area (Å²) >= 11 is 6.23. The SMILES string of the molecule is NC(=O)c1nn(-c2ccc(NC(=O)COCc3ccccc3)cc2)c2c1CCc1ccc(NC(=O)c3ccccc3Cl)cc1-2. The molecule has 220 valence electrons. The van der Waals surface area contributed by atoms with E-state index in [0.29, 0.717) is 47.1 Å². The fourth-order valence-corrected chi connectivity index (χ4v) is 5.49. The zero-order valence-corrected chi connectivity index (χ0v) is 24.3. The Morgan fingerprint density at radius 1 is 0.864 bits per heavy atom. The Kier molecular flexibility index (Phi) is 8.23.